The molecule has 5 nitrogen and oxygen atoms in total. The van der Waals surface area contributed by atoms with E-state index in [-0.39, 0.29) is 36.9 Å². The number of para-hydroxylation sites is 2. The Bertz CT molecular complexity index is 981. The van der Waals surface area contributed by atoms with Gasteiger partial charge in [0, 0.05) is 12.5 Å². The predicted molar refractivity (Wildman–Crippen MR) is 119 cm³/mol. The lowest BCUT2D eigenvalue weighted by Gasteiger charge is -2.29. The Morgan fingerprint density at radius 3 is 2.17 bits per heavy atom. The zero-order chi connectivity index (χ0) is 20.9. The average molecular weight is 399 g/mol. The molecule has 1 aliphatic rings. The molecule has 1 heterocycles. The molecular weight excluding hydrogens is 374 g/mol. The quantitative estimate of drug-likeness (QED) is 0.678. The lowest BCUT2D eigenvalue weighted by Crippen LogP contribution is -2.44. The largest absolute Gasteiger partial charge is 0.324 e. The van der Waals surface area contributed by atoms with Gasteiger partial charge in [-0.05, 0) is 30.2 Å². The van der Waals surface area contributed by atoms with Gasteiger partial charge in [-0.2, -0.15) is 0 Å². The number of hydrogen-bond donors (Lipinski definition) is 2. The van der Waals surface area contributed by atoms with Crippen molar-refractivity contribution in [2.75, 3.05) is 16.8 Å². The first-order valence-corrected chi connectivity index (χ1v) is 10.2. The van der Waals surface area contributed by atoms with E-state index in [1.807, 2.05) is 67.6 Å². The molecule has 0 bridgehead atoms. The van der Waals surface area contributed by atoms with Crippen LogP contribution in [0.15, 0.2) is 84.9 Å². The van der Waals surface area contributed by atoms with Gasteiger partial charge in [-0.3, -0.25) is 14.9 Å². The van der Waals surface area contributed by atoms with Gasteiger partial charge in [-0.15, -0.1) is 0 Å². The van der Waals surface area contributed by atoms with E-state index in [0.717, 1.165) is 16.8 Å². The molecule has 0 radical (unpaired) electrons. The van der Waals surface area contributed by atoms with Gasteiger partial charge < -0.3 is 10.2 Å². The lowest BCUT2D eigenvalue weighted by atomic mass is 9.99. The van der Waals surface area contributed by atoms with Crippen LogP contribution in [0.2, 0.25) is 0 Å². The second kappa shape index (κ2) is 8.93. The van der Waals surface area contributed by atoms with E-state index >= 15 is 0 Å². The fraction of sp³-hybridized carbons (Fsp3) is 0.200. The maximum Gasteiger partial charge on any atom is 0.241 e. The van der Waals surface area contributed by atoms with Crippen LogP contribution in [0.3, 0.4) is 0 Å². The van der Waals surface area contributed by atoms with E-state index in [1.165, 1.54) is 0 Å². The summed E-state index contributed by atoms with van der Waals surface area (Å²) < 4.78 is 0. The molecule has 1 aliphatic heterocycles. The van der Waals surface area contributed by atoms with E-state index in [0.29, 0.717) is 5.69 Å². The Labute approximate surface area is 176 Å². The average Bonchev–Trinajstić information content (AvgIpc) is 2.89. The summed E-state index contributed by atoms with van der Waals surface area (Å²) in [4.78, 5) is 27.2. The van der Waals surface area contributed by atoms with E-state index in [1.54, 1.807) is 4.90 Å². The van der Waals surface area contributed by atoms with Gasteiger partial charge in [0.15, 0.2) is 0 Å². The molecule has 0 aromatic heterocycles. The first kappa shape index (κ1) is 19.9. The first-order valence-electron chi connectivity index (χ1n) is 10.2. The van der Waals surface area contributed by atoms with Crippen LogP contribution in [-0.2, 0) is 9.59 Å². The molecule has 0 spiro atoms. The van der Waals surface area contributed by atoms with Crippen molar-refractivity contribution in [1.29, 1.82) is 0 Å². The van der Waals surface area contributed by atoms with Crippen molar-refractivity contribution in [3.05, 3.63) is 96.1 Å². The lowest BCUT2D eigenvalue weighted by molar-refractivity contribution is -0.118. The Kier molecular flexibility index (Phi) is 5.91. The highest BCUT2D eigenvalue weighted by Crippen LogP contribution is 2.31. The molecule has 3 aromatic rings. The van der Waals surface area contributed by atoms with Crippen LogP contribution in [0, 0.1) is 0 Å². The highest BCUT2D eigenvalue weighted by molar-refractivity contribution is 6.04. The number of carbonyl (C=O) groups excluding carboxylic acids is 2. The van der Waals surface area contributed by atoms with E-state index in [9.17, 15) is 9.59 Å². The van der Waals surface area contributed by atoms with Crippen molar-refractivity contribution in [1.82, 2.24) is 5.32 Å². The summed E-state index contributed by atoms with van der Waals surface area (Å²) in [5, 5.41) is 6.34. The minimum absolute atomic E-state index is 0.0664. The third kappa shape index (κ3) is 4.26. The normalized spacial score (nSPS) is 16.0. The zero-order valence-corrected chi connectivity index (χ0v) is 16.9. The van der Waals surface area contributed by atoms with Gasteiger partial charge in [0.1, 0.15) is 0 Å². The topological polar surface area (TPSA) is 61.4 Å². The van der Waals surface area contributed by atoms with Crippen LogP contribution < -0.4 is 15.5 Å². The number of fused-ring (bicyclic) bond motifs is 1. The summed E-state index contributed by atoms with van der Waals surface area (Å²) >= 11 is 0. The number of nitrogens with zero attached hydrogens (tertiary/aromatic N) is 1. The predicted octanol–water partition coefficient (Wildman–Crippen LogP) is 4.13. The molecule has 5 heteroatoms. The van der Waals surface area contributed by atoms with Crippen LogP contribution in [0.1, 0.15) is 30.5 Å². The fourth-order valence-electron chi connectivity index (χ4n) is 3.96. The van der Waals surface area contributed by atoms with E-state index in [2.05, 4.69) is 34.9 Å². The summed E-state index contributed by atoms with van der Waals surface area (Å²) in [7, 11) is 0. The molecule has 0 aliphatic carbocycles. The number of hydrogen-bond acceptors (Lipinski definition) is 3. The number of benzene rings is 3. The van der Waals surface area contributed by atoms with Gasteiger partial charge >= 0.3 is 0 Å². The number of nitrogens with one attached hydrogen (secondary N) is 2. The SMILES string of the molecule is C[C@@H]1CC(=O)Nc2ccccc2N1C(=O)CNC(c1ccccc1)c1ccccc1. The molecular formula is C25H25N3O2. The third-order valence-electron chi connectivity index (χ3n) is 5.35. The van der Waals surface area contributed by atoms with Gasteiger partial charge in [0.05, 0.1) is 24.0 Å². The van der Waals surface area contributed by atoms with Crippen LogP contribution in [-0.4, -0.2) is 24.4 Å². The maximum atomic E-state index is 13.3. The number of amides is 2. The molecule has 3 aromatic carbocycles. The van der Waals surface area contributed by atoms with Crippen molar-refractivity contribution >= 4 is 23.2 Å². The minimum Gasteiger partial charge on any atom is -0.324 e. The van der Waals surface area contributed by atoms with Gasteiger partial charge in [0.25, 0.3) is 0 Å². The maximum absolute atomic E-state index is 13.3. The summed E-state index contributed by atoms with van der Waals surface area (Å²) in [6.07, 6.45) is 0.265. The van der Waals surface area contributed by atoms with Crippen LogP contribution in [0.25, 0.3) is 0 Å². The summed E-state index contributed by atoms with van der Waals surface area (Å²) in [5.74, 6) is -0.145. The first-order chi connectivity index (χ1) is 14.6. The summed E-state index contributed by atoms with van der Waals surface area (Å²) in [6, 6.07) is 27.3. The smallest absolute Gasteiger partial charge is 0.241 e. The van der Waals surface area contributed by atoms with Crippen molar-refractivity contribution in [2.24, 2.45) is 0 Å². The van der Waals surface area contributed by atoms with Crippen molar-refractivity contribution in [3.63, 3.8) is 0 Å². The van der Waals surface area contributed by atoms with Gasteiger partial charge in [-0.1, -0.05) is 72.8 Å². The van der Waals surface area contributed by atoms with Crippen molar-refractivity contribution in [2.45, 2.75) is 25.4 Å². The number of rotatable bonds is 5. The molecule has 2 N–H and O–H groups in total. The molecule has 0 fully saturated rings. The highest BCUT2D eigenvalue weighted by atomic mass is 16.2. The van der Waals surface area contributed by atoms with Crippen molar-refractivity contribution < 1.29 is 9.59 Å². The molecule has 0 saturated carbocycles. The van der Waals surface area contributed by atoms with Crippen LogP contribution in [0.4, 0.5) is 11.4 Å². The molecule has 0 saturated heterocycles. The van der Waals surface area contributed by atoms with Crippen LogP contribution >= 0.6 is 0 Å². The number of anilines is 2. The molecule has 30 heavy (non-hydrogen) atoms. The Morgan fingerprint density at radius 1 is 0.967 bits per heavy atom. The second-order valence-electron chi connectivity index (χ2n) is 7.52. The minimum atomic E-state index is -0.227. The van der Waals surface area contributed by atoms with Crippen molar-refractivity contribution in [3.8, 4) is 0 Å². The Morgan fingerprint density at radius 2 is 1.53 bits per heavy atom. The van der Waals surface area contributed by atoms with E-state index < -0.39 is 0 Å². The monoisotopic (exact) mass is 399 g/mol. The Hall–Kier alpha value is -3.44. The van der Waals surface area contributed by atoms with Crippen LogP contribution in [0.5, 0.6) is 0 Å². The molecule has 2 amide bonds. The standard InChI is InChI=1S/C25H25N3O2/c1-18-16-23(29)27-21-14-8-9-15-22(21)28(18)24(30)17-26-25(19-10-4-2-5-11-19)20-12-6-3-7-13-20/h2-15,18,25-26H,16-17H2,1H3,(H,27,29)/t18-/m1/s1. The molecule has 4 rings (SSSR count). The van der Waals surface area contributed by atoms with E-state index in [4.69, 9.17) is 0 Å². The molecule has 0 unspecified atom stereocenters. The van der Waals surface area contributed by atoms with Gasteiger partial charge in [0.2, 0.25) is 11.8 Å². The molecule has 152 valence electrons. The summed E-state index contributed by atoms with van der Waals surface area (Å²) in [5.41, 5.74) is 3.59. The Balaban J connectivity index is 1.58. The zero-order valence-electron chi connectivity index (χ0n) is 16.9. The van der Waals surface area contributed by atoms with Gasteiger partial charge in [-0.25, -0.2) is 0 Å². The number of carbonyl (C=O) groups is 2. The third-order valence-corrected chi connectivity index (χ3v) is 5.35. The molecule has 1 atom stereocenters. The fourth-order valence-corrected chi connectivity index (χ4v) is 3.96. The summed E-state index contributed by atoms with van der Waals surface area (Å²) in [6.45, 7) is 2.06. The highest BCUT2D eigenvalue weighted by Gasteiger charge is 2.29. The second-order valence-corrected chi connectivity index (χ2v) is 7.52.